The molecular formula is C24H26F4O. The van der Waals surface area contributed by atoms with Gasteiger partial charge in [-0.2, -0.15) is 4.39 Å². The third kappa shape index (κ3) is 4.49. The topological polar surface area (TPSA) is 9.23 Å². The number of rotatable bonds is 6. The van der Waals surface area contributed by atoms with E-state index in [4.69, 9.17) is 4.74 Å². The molecule has 1 aliphatic carbocycles. The van der Waals surface area contributed by atoms with E-state index in [1.807, 2.05) is 13.0 Å². The van der Waals surface area contributed by atoms with E-state index in [0.717, 1.165) is 32.1 Å². The predicted molar refractivity (Wildman–Crippen MR) is 107 cm³/mol. The van der Waals surface area contributed by atoms with Gasteiger partial charge in [0.25, 0.3) is 0 Å². The zero-order valence-electron chi connectivity index (χ0n) is 16.8. The molecule has 0 aliphatic heterocycles. The van der Waals surface area contributed by atoms with Crippen LogP contribution < -0.4 is 4.74 Å². The normalized spacial score (nSPS) is 19.7. The van der Waals surface area contributed by atoms with Crippen molar-refractivity contribution < 1.29 is 22.3 Å². The standard InChI is InChI=1S/C24H26F4O/c1-3-5-6-15-7-9-16(10-8-15)17-11-12-18(22(26)21(17)25)19-13-14-20(29-4-2)24(28)23(19)27/h3,5,11-16H,4,6-10H2,1-2H3/b5-3-. The summed E-state index contributed by atoms with van der Waals surface area (Å²) in [6.07, 6.45) is 8.72. The maximum absolute atomic E-state index is 14.8. The minimum Gasteiger partial charge on any atom is -0.491 e. The molecule has 0 bridgehead atoms. The monoisotopic (exact) mass is 406 g/mol. The third-order valence-electron chi connectivity index (χ3n) is 5.74. The Balaban J connectivity index is 1.85. The van der Waals surface area contributed by atoms with Crippen LogP contribution >= 0.6 is 0 Å². The molecule has 0 radical (unpaired) electrons. The summed E-state index contributed by atoms with van der Waals surface area (Å²) >= 11 is 0. The lowest BCUT2D eigenvalue weighted by atomic mass is 9.77. The van der Waals surface area contributed by atoms with Crippen molar-refractivity contribution in [2.45, 2.75) is 51.9 Å². The number of hydrogen-bond donors (Lipinski definition) is 0. The van der Waals surface area contributed by atoms with E-state index >= 15 is 0 Å². The van der Waals surface area contributed by atoms with Gasteiger partial charge in [0.05, 0.1) is 6.61 Å². The number of halogens is 4. The second kappa shape index (κ2) is 9.47. The summed E-state index contributed by atoms with van der Waals surface area (Å²) in [6, 6.07) is 5.30. The molecule has 1 fully saturated rings. The molecule has 0 atom stereocenters. The van der Waals surface area contributed by atoms with Gasteiger partial charge in [-0.05, 0) is 75.5 Å². The van der Waals surface area contributed by atoms with Crippen LogP contribution in [0.5, 0.6) is 5.75 Å². The van der Waals surface area contributed by atoms with E-state index < -0.39 is 23.3 Å². The van der Waals surface area contributed by atoms with Gasteiger partial charge in [0.2, 0.25) is 5.82 Å². The molecule has 2 aromatic carbocycles. The average molecular weight is 406 g/mol. The van der Waals surface area contributed by atoms with Crippen molar-refractivity contribution in [3.05, 3.63) is 65.2 Å². The lowest BCUT2D eigenvalue weighted by molar-refractivity contribution is 0.314. The maximum Gasteiger partial charge on any atom is 0.201 e. The minimum atomic E-state index is -1.24. The molecule has 0 N–H and O–H groups in total. The van der Waals surface area contributed by atoms with E-state index in [0.29, 0.717) is 11.5 Å². The van der Waals surface area contributed by atoms with Crippen molar-refractivity contribution in [2.75, 3.05) is 6.61 Å². The molecule has 1 saturated carbocycles. The summed E-state index contributed by atoms with van der Waals surface area (Å²) in [6.45, 7) is 3.81. The van der Waals surface area contributed by atoms with Crippen molar-refractivity contribution >= 4 is 0 Å². The SMILES string of the molecule is C/C=C\CC1CCC(c2ccc(-c3ccc(OCC)c(F)c3F)c(F)c2F)CC1. The zero-order chi connectivity index (χ0) is 21.0. The van der Waals surface area contributed by atoms with Crippen LogP contribution in [0.3, 0.4) is 0 Å². The smallest absolute Gasteiger partial charge is 0.201 e. The highest BCUT2D eigenvalue weighted by Crippen LogP contribution is 2.40. The zero-order valence-corrected chi connectivity index (χ0v) is 16.8. The van der Waals surface area contributed by atoms with Gasteiger partial charge in [0.15, 0.2) is 23.2 Å². The molecule has 0 saturated heterocycles. The third-order valence-corrected chi connectivity index (χ3v) is 5.74. The van der Waals surface area contributed by atoms with E-state index in [-0.39, 0.29) is 29.4 Å². The summed E-state index contributed by atoms with van der Waals surface area (Å²) in [4.78, 5) is 0. The molecule has 3 rings (SSSR count). The van der Waals surface area contributed by atoms with Crippen molar-refractivity contribution in [3.63, 3.8) is 0 Å². The minimum absolute atomic E-state index is 0.0534. The molecule has 0 amide bonds. The van der Waals surface area contributed by atoms with E-state index in [2.05, 4.69) is 6.08 Å². The van der Waals surface area contributed by atoms with Gasteiger partial charge in [0.1, 0.15) is 0 Å². The number of allylic oxidation sites excluding steroid dienone is 2. The summed E-state index contributed by atoms with van der Waals surface area (Å²) in [7, 11) is 0. The Morgan fingerprint density at radius 2 is 1.48 bits per heavy atom. The molecular weight excluding hydrogens is 380 g/mol. The van der Waals surface area contributed by atoms with Gasteiger partial charge in [0, 0.05) is 11.1 Å². The van der Waals surface area contributed by atoms with Crippen LogP contribution in [0.1, 0.15) is 57.4 Å². The Bertz CT molecular complexity index is 883. The first-order chi connectivity index (χ1) is 14.0. The average Bonchev–Trinajstić information content (AvgIpc) is 2.73. The highest BCUT2D eigenvalue weighted by Gasteiger charge is 2.27. The van der Waals surface area contributed by atoms with Crippen molar-refractivity contribution in [3.8, 4) is 16.9 Å². The molecule has 0 spiro atoms. The van der Waals surface area contributed by atoms with Crippen molar-refractivity contribution in [1.29, 1.82) is 0 Å². The quantitative estimate of drug-likeness (QED) is 0.355. The molecule has 0 unspecified atom stereocenters. The highest BCUT2D eigenvalue weighted by atomic mass is 19.2. The summed E-state index contributed by atoms with van der Waals surface area (Å²) in [5.41, 5.74) is -0.279. The Labute approximate surface area is 169 Å². The van der Waals surface area contributed by atoms with Gasteiger partial charge >= 0.3 is 0 Å². The number of ether oxygens (including phenoxy) is 1. The number of hydrogen-bond acceptors (Lipinski definition) is 1. The fraction of sp³-hybridized carbons (Fsp3) is 0.417. The van der Waals surface area contributed by atoms with Crippen LogP contribution in [0.25, 0.3) is 11.1 Å². The lowest BCUT2D eigenvalue weighted by Gasteiger charge is -2.28. The molecule has 1 aliphatic rings. The Morgan fingerprint density at radius 3 is 2.10 bits per heavy atom. The fourth-order valence-electron chi connectivity index (χ4n) is 4.13. The first kappa shape index (κ1) is 21.4. The summed E-state index contributed by atoms with van der Waals surface area (Å²) in [5.74, 6) is -4.27. The van der Waals surface area contributed by atoms with Crippen molar-refractivity contribution in [1.82, 2.24) is 0 Å². The van der Waals surface area contributed by atoms with Gasteiger partial charge in [-0.15, -0.1) is 0 Å². The summed E-state index contributed by atoms with van der Waals surface area (Å²) in [5, 5.41) is 0. The van der Waals surface area contributed by atoms with E-state index in [1.54, 1.807) is 6.92 Å². The molecule has 156 valence electrons. The van der Waals surface area contributed by atoms with Gasteiger partial charge in [-0.1, -0.05) is 24.3 Å². The molecule has 5 heteroatoms. The van der Waals surface area contributed by atoms with Crippen LogP contribution in [-0.2, 0) is 0 Å². The molecule has 1 nitrogen and oxygen atoms in total. The Kier molecular flexibility index (Phi) is 6.99. The fourth-order valence-corrected chi connectivity index (χ4v) is 4.13. The van der Waals surface area contributed by atoms with Crippen molar-refractivity contribution in [2.24, 2.45) is 5.92 Å². The molecule has 2 aromatic rings. The molecule has 0 heterocycles. The first-order valence-corrected chi connectivity index (χ1v) is 10.2. The van der Waals surface area contributed by atoms with Crippen LogP contribution in [0, 0.1) is 29.2 Å². The van der Waals surface area contributed by atoms with E-state index in [9.17, 15) is 17.6 Å². The van der Waals surface area contributed by atoms with Gasteiger partial charge in [-0.25, -0.2) is 13.2 Å². The van der Waals surface area contributed by atoms with E-state index in [1.165, 1.54) is 24.3 Å². The van der Waals surface area contributed by atoms with Crippen LogP contribution in [0.15, 0.2) is 36.4 Å². The maximum atomic E-state index is 14.8. The first-order valence-electron chi connectivity index (χ1n) is 10.2. The lowest BCUT2D eigenvalue weighted by Crippen LogP contribution is -2.14. The second-order valence-electron chi connectivity index (χ2n) is 7.52. The van der Waals surface area contributed by atoms with Crippen LogP contribution in [0.4, 0.5) is 17.6 Å². The van der Waals surface area contributed by atoms with Crippen LogP contribution in [-0.4, -0.2) is 6.61 Å². The molecule has 0 aromatic heterocycles. The number of benzene rings is 2. The van der Waals surface area contributed by atoms with Crippen LogP contribution in [0.2, 0.25) is 0 Å². The van der Waals surface area contributed by atoms with Gasteiger partial charge < -0.3 is 4.74 Å². The second-order valence-corrected chi connectivity index (χ2v) is 7.52. The largest absolute Gasteiger partial charge is 0.491 e. The molecule has 29 heavy (non-hydrogen) atoms. The van der Waals surface area contributed by atoms with Gasteiger partial charge in [-0.3, -0.25) is 0 Å². The predicted octanol–water partition coefficient (Wildman–Crippen LogP) is 7.55. The Hall–Kier alpha value is -2.30. The Morgan fingerprint density at radius 1 is 0.862 bits per heavy atom. The summed E-state index contributed by atoms with van der Waals surface area (Å²) < 4.78 is 63.2. The highest BCUT2D eigenvalue weighted by molar-refractivity contribution is 5.66.